The summed E-state index contributed by atoms with van der Waals surface area (Å²) in [6.45, 7) is 1.37. The highest BCUT2D eigenvalue weighted by Crippen LogP contribution is 2.43. The molecule has 19 heteroatoms. The number of unbranched alkanes of at least 4 members (excludes halogenated alkanes) is 20. The zero-order valence-electron chi connectivity index (χ0n) is 36.8. The lowest BCUT2D eigenvalue weighted by Crippen LogP contribution is -2.41. The second-order valence-corrected chi connectivity index (χ2v) is 17.0. The minimum atomic E-state index is -5.05. The number of carboxylic acid groups (broad SMARTS) is 2. The Kier molecular flexibility index (Phi) is 35.5. The van der Waals surface area contributed by atoms with Gasteiger partial charge in [0, 0.05) is 12.8 Å². The van der Waals surface area contributed by atoms with E-state index < -0.39 is 107 Å². The Hall–Kier alpha value is -3.15. The average Bonchev–Trinajstić information content (AvgIpc) is 3.20. The summed E-state index contributed by atoms with van der Waals surface area (Å²) in [5.74, 6) is -6.47. The van der Waals surface area contributed by atoms with Crippen molar-refractivity contribution in [2.45, 2.75) is 205 Å². The van der Waals surface area contributed by atoms with Crippen LogP contribution in [0.2, 0.25) is 0 Å². The summed E-state index contributed by atoms with van der Waals surface area (Å²) >= 11 is 0. The SMILES string of the molecule is CCCCCCCCCCCCCC(=O)OCC(COP(=O)(O)OCC(COC(=O)C(N)CC(=O)O)OC(=O)C(N)CC(=O)O)OC(=O)CCCCCCCCCCCCC. The summed E-state index contributed by atoms with van der Waals surface area (Å²) in [7, 11) is -5.05. The van der Waals surface area contributed by atoms with Gasteiger partial charge in [-0.3, -0.25) is 37.8 Å². The van der Waals surface area contributed by atoms with Crippen molar-refractivity contribution in [3.63, 3.8) is 0 Å². The molecule has 0 radical (unpaired) electrons. The van der Waals surface area contributed by atoms with Crippen LogP contribution in [0.25, 0.3) is 0 Å². The number of phosphoric acid groups is 1. The number of ether oxygens (including phenoxy) is 4. The van der Waals surface area contributed by atoms with Crippen molar-refractivity contribution in [1.29, 1.82) is 0 Å². The zero-order chi connectivity index (χ0) is 45.7. The molecule has 0 aliphatic heterocycles. The average molecular weight is 897 g/mol. The highest BCUT2D eigenvalue weighted by atomic mass is 31.2. The third-order valence-corrected chi connectivity index (χ3v) is 10.6. The first-order valence-corrected chi connectivity index (χ1v) is 23.9. The molecule has 356 valence electrons. The van der Waals surface area contributed by atoms with Gasteiger partial charge in [0.25, 0.3) is 0 Å². The Labute approximate surface area is 362 Å². The third-order valence-electron chi connectivity index (χ3n) is 9.63. The minimum absolute atomic E-state index is 0.0688. The maximum atomic E-state index is 12.9. The fraction of sp³-hybridized carbons (Fsp3) is 0.857. The summed E-state index contributed by atoms with van der Waals surface area (Å²) in [4.78, 5) is 82.2. The standard InChI is InChI=1S/C42H77N2O16P/c1-3-5-7-9-11-13-15-17-19-21-23-25-39(49)55-29-33(59-40(50)26-24-22-20-18-16-14-12-10-8-6-4-2)31-57-61(53,54)58-32-34(60-42(52)36(44)28-38(47)48)30-56-41(51)35(43)27-37(45)46/h33-36H,3-32,43-44H2,1-2H3,(H,45,46)(H,47,48)(H,53,54). The van der Waals surface area contributed by atoms with E-state index in [9.17, 15) is 38.2 Å². The van der Waals surface area contributed by atoms with Gasteiger partial charge in [-0.05, 0) is 12.8 Å². The number of hydrogen-bond donors (Lipinski definition) is 5. The highest BCUT2D eigenvalue weighted by Gasteiger charge is 2.31. The van der Waals surface area contributed by atoms with Crippen LogP contribution >= 0.6 is 7.82 Å². The molecule has 61 heavy (non-hydrogen) atoms. The molecule has 0 bridgehead atoms. The number of carboxylic acids is 2. The number of phosphoric ester groups is 1. The van der Waals surface area contributed by atoms with Gasteiger partial charge in [0.15, 0.2) is 12.2 Å². The highest BCUT2D eigenvalue weighted by molar-refractivity contribution is 7.47. The van der Waals surface area contributed by atoms with Gasteiger partial charge in [-0.1, -0.05) is 142 Å². The molecule has 0 saturated heterocycles. The summed E-state index contributed by atoms with van der Waals surface area (Å²) in [6, 6.07) is -3.26. The molecule has 0 amide bonds. The van der Waals surface area contributed by atoms with Crippen molar-refractivity contribution in [2.24, 2.45) is 11.5 Å². The summed E-state index contributed by atoms with van der Waals surface area (Å²) in [5, 5.41) is 17.8. The van der Waals surface area contributed by atoms with Gasteiger partial charge in [0.1, 0.15) is 25.3 Å². The zero-order valence-corrected chi connectivity index (χ0v) is 37.7. The van der Waals surface area contributed by atoms with Crippen LogP contribution in [-0.2, 0) is 61.3 Å². The van der Waals surface area contributed by atoms with E-state index in [0.717, 1.165) is 51.4 Å². The molecule has 18 nitrogen and oxygen atoms in total. The number of hydrogen-bond acceptors (Lipinski definition) is 15. The number of aliphatic carboxylic acids is 2. The summed E-state index contributed by atoms with van der Waals surface area (Å²) < 4.78 is 43.7. The maximum absolute atomic E-state index is 12.9. The Morgan fingerprint density at radius 2 is 0.820 bits per heavy atom. The minimum Gasteiger partial charge on any atom is -0.481 e. The molecule has 0 saturated carbocycles. The second-order valence-electron chi connectivity index (χ2n) is 15.5. The van der Waals surface area contributed by atoms with Gasteiger partial charge in [-0.15, -0.1) is 0 Å². The van der Waals surface area contributed by atoms with Crippen molar-refractivity contribution in [3.8, 4) is 0 Å². The van der Waals surface area contributed by atoms with Gasteiger partial charge in [-0.25, -0.2) is 4.57 Å². The van der Waals surface area contributed by atoms with Crippen LogP contribution in [0.4, 0.5) is 0 Å². The summed E-state index contributed by atoms with van der Waals surface area (Å²) in [6.07, 6.45) is 19.8. The van der Waals surface area contributed by atoms with E-state index in [1.165, 1.54) is 77.0 Å². The normalized spacial score (nSPS) is 14.2. The van der Waals surface area contributed by atoms with Gasteiger partial charge >= 0.3 is 43.6 Å². The molecule has 0 aliphatic rings. The fourth-order valence-corrected chi connectivity index (χ4v) is 6.85. The van der Waals surface area contributed by atoms with E-state index in [1.807, 2.05) is 0 Å². The molecule has 0 rings (SSSR count). The van der Waals surface area contributed by atoms with Crippen molar-refractivity contribution in [3.05, 3.63) is 0 Å². The molecule has 7 N–H and O–H groups in total. The van der Waals surface area contributed by atoms with Crippen molar-refractivity contribution in [1.82, 2.24) is 0 Å². The van der Waals surface area contributed by atoms with Crippen LogP contribution in [0.1, 0.15) is 181 Å². The molecule has 0 spiro atoms. The molecule has 0 aromatic rings. The molecule has 0 aromatic carbocycles. The molecule has 0 heterocycles. The number of esters is 4. The lowest BCUT2D eigenvalue weighted by molar-refractivity contribution is -0.164. The smallest absolute Gasteiger partial charge is 0.472 e. The van der Waals surface area contributed by atoms with Crippen LogP contribution in [-0.4, -0.2) is 102 Å². The van der Waals surface area contributed by atoms with E-state index in [-0.39, 0.29) is 12.8 Å². The first kappa shape index (κ1) is 57.9. The first-order valence-electron chi connectivity index (χ1n) is 22.4. The monoisotopic (exact) mass is 897 g/mol. The number of carbonyl (C=O) groups is 6. The Morgan fingerprint density at radius 1 is 0.475 bits per heavy atom. The predicted molar refractivity (Wildman–Crippen MR) is 226 cm³/mol. The van der Waals surface area contributed by atoms with Crippen LogP contribution in [0, 0.1) is 0 Å². The van der Waals surface area contributed by atoms with E-state index >= 15 is 0 Å². The first-order chi connectivity index (χ1) is 29.1. The number of nitrogens with two attached hydrogens (primary N) is 2. The van der Waals surface area contributed by atoms with E-state index in [0.29, 0.717) is 12.8 Å². The number of rotatable bonds is 42. The molecule has 0 fully saturated rings. The lowest BCUT2D eigenvalue weighted by Gasteiger charge is -2.23. The maximum Gasteiger partial charge on any atom is 0.472 e. The molecule has 5 atom stereocenters. The van der Waals surface area contributed by atoms with E-state index in [2.05, 4.69) is 13.8 Å². The van der Waals surface area contributed by atoms with Gasteiger partial charge in [-0.2, -0.15) is 0 Å². The Bertz CT molecular complexity index is 1270. The van der Waals surface area contributed by atoms with Crippen LogP contribution in [0.15, 0.2) is 0 Å². The Balaban J connectivity index is 5.27. The van der Waals surface area contributed by atoms with Crippen molar-refractivity contribution >= 4 is 43.6 Å². The van der Waals surface area contributed by atoms with E-state index in [4.69, 9.17) is 49.7 Å². The lowest BCUT2D eigenvalue weighted by atomic mass is 10.1. The second kappa shape index (κ2) is 37.4. The largest absolute Gasteiger partial charge is 0.481 e. The van der Waals surface area contributed by atoms with E-state index in [1.54, 1.807) is 0 Å². The van der Waals surface area contributed by atoms with Crippen LogP contribution < -0.4 is 11.5 Å². The van der Waals surface area contributed by atoms with Gasteiger partial charge in [0.2, 0.25) is 0 Å². The quantitative estimate of drug-likeness (QED) is 0.0178. The number of carbonyl (C=O) groups excluding carboxylic acids is 4. The molecular weight excluding hydrogens is 819 g/mol. The van der Waals surface area contributed by atoms with Crippen LogP contribution in [0.5, 0.6) is 0 Å². The predicted octanol–water partition coefficient (Wildman–Crippen LogP) is 7.04. The molecular formula is C42H77N2O16P. The Morgan fingerprint density at radius 3 is 1.23 bits per heavy atom. The van der Waals surface area contributed by atoms with Crippen molar-refractivity contribution < 1.29 is 76.4 Å². The van der Waals surface area contributed by atoms with Crippen molar-refractivity contribution in [2.75, 3.05) is 26.4 Å². The van der Waals surface area contributed by atoms with Gasteiger partial charge in [0.05, 0.1) is 26.1 Å². The third kappa shape index (κ3) is 36.1. The topological polar surface area (TPSA) is 288 Å². The summed E-state index contributed by atoms with van der Waals surface area (Å²) in [5.41, 5.74) is 11.0. The fourth-order valence-electron chi connectivity index (χ4n) is 6.07. The molecule has 5 unspecified atom stereocenters. The van der Waals surface area contributed by atoms with Gasteiger partial charge < -0.3 is 45.5 Å². The van der Waals surface area contributed by atoms with Crippen LogP contribution in [0.3, 0.4) is 0 Å². The molecule has 0 aromatic heterocycles. The molecule has 0 aliphatic carbocycles.